The number of hydrogen-bond acceptors (Lipinski definition) is 3. The molecule has 0 aromatic heterocycles. The third-order valence-corrected chi connectivity index (χ3v) is 3.80. The van der Waals surface area contributed by atoms with E-state index >= 15 is 0 Å². The van der Waals surface area contributed by atoms with Gasteiger partial charge in [0, 0.05) is 32.8 Å². The minimum Gasteiger partial charge on any atom is -0.377 e. The molecular formula is C15H32N2O. The van der Waals surface area contributed by atoms with Gasteiger partial charge >= 0.3 is 0 Å². The standard InChI is InChI=1S/C15H32N2O/c1-5-8-15(4,12-16-6-2)13-17-9-7-10-18-14(3)11-17/h14,16H,5-13H2,1-4H3. The molecule has 0 spiro atoms. The topological polar surface area (TPSA) is 24.5 Å². The maximum absolute atomic E-state index is 5.73. The summed E-state index contributed by atoms with van der Waals surface area (Å²) in [5, 5.41) is 3.53. The maximum Gasteiger partial charge on any atom is 0.0673 e. The lowest BCUT2D eigenvalue weighted by molar-refractivity contribution is 0.0593. The van der Waals surface area contributed by atoms with Gasteiger partial charge in [-0.1, -0.05) is 27.2 Å². The molecule has 3 nitrogen and oxygen atoms in total. The Balaban J connectivity index is 2.51. The van der Waals surface area contributed by atoms with E-state index in [1.54, 1.807) is 0 Å². The van der Waals surface area contributed by atoms with Gasteiger partial charge < -0.3 is 15.0 Å². The van der Waals surface area contributed by atoms with Crippen LogP contribution >= 0.6 is 0 Å². The van der Waals surface area contributed by atoms with Crippen LogP contribution in [0.5, 0.6) is 0 Å². The van der Waals surface area contributed by atoms with E-state index in [9.17, 15) is 0 Å². The van der Waals surface area contributed by atoms with E-state index in [-0.39, 0.29) is 0 Å². The van der Waals surface area contributed by atoms with Crippen molar-refractivity contribution in [2.24, 2.45) is 5.41 Å². The summed E-state index contributed by atoms with van der Waals surface area (Å²) in [5.74, 6) is 0. The summed E-state index contributed by atoms with van der Waals surface area (Å²) in [7, 11) is 0. The first-order valence-corrected chi connectivity index (χ1v) is 7.64. The van der Waals surface area contributed by atoms with Crippen LogP contribution in [0.1, 0.15) is 47.0 Å². The fourth-order valence-corrected chi connectivity index (χ4v) is 3.02. The molecule has 0 amide bonds. The summed E-state index contributed by atoms with van der Waals surface area (Å²) in [6.07, 6.45) is 4.12. The first-order valence-electron chi connectivity index (χ1n) is 7.64. The van der Waals surface area contributed by atoms with Crippen molar-refractivity contribution in [3.63, 3.8) is 0 Å². The molecule has 18 heavy (non-hydrogen) atoms. The molecule has 0 aliphatic carbocycles. The third kappa shape index (κ3) is 5.68. The summed E-state index contributed by atoms with van der Waals surface area (Å²) in [5.41, 5.74) is 0.398. The highest BCUT2D eigenvalue weighted by Gasteiger charge is 2.27. The fraction of sp³-hybridized carbons (Fsp3) is 1.00. The zero-order valence-corrected chi connectivity index (χ0v) is 12.8. The summed E-state index contributed by atoms with van der Waals surface area (Å²) < 4.78 is 5.73. The first kappa shape index (κ1) is 15.9. The van der Waals surface area contributed by atoms with Crippen LogP contribution in [-0.4, -0.2) is 50.3 Å². The van der Waals surface area contributed by atoms with Gasteiger partial charge in [-0.25, -0.2) is 0 Å². The third-order valence-electron chi connectivity index (χ3n) is 3.80. The molecule has 1 heterocycles. The molecule has 1 saturated heterocycles. The molecule has 108 valence electrons. The van der Waals surface area contributed by atoms with Gasteiger partial charge in [0.25, 0.3) is 0 Å². The number of nitrogens with one attached hydrogen (secondary N) is 1. The highest BCUT2D eigenvalue weighted by molar-refractivity contribution is 4.82. The molecule has 0 aromatic carbocycles. The quantitative estimate of drug-likeness (QED) is 0.757. The molecule has 1 rings (SSSR count). The Morgan fingerprint density at radius 1 is 1.39 bits per heavy atom. The highest BCUT2D eigenvalue weighted by atomic mass is 16.5. The predicted molar refractivity (Wildman–Crippen MR) is 78.0 cm³/mol. The largest absolute Gasteiger partial charge is 0.377 e. The minimum absolute atomic E-state index is 0.387. The van der Waals surface area contributed by atoms with Gasteiger partial charge in [0.15, 0.2) is 0 Å². The molecule has 1 fully saturated rings. The van der Waals surface area contributed by atoms with Gasteiger partial charge in [-0.15, -0.1) is 0 Å². The van der Waals surface area contributed by atoms with Gasteiger partial charge in [0.2, 0.25) is 0 Å². The van der Waals surface area contributed by atoms with Crippen molar-refractivity contribution in [2.75, 3.05) is 39.3 Å². The van der Waals surface area contributed by atoms with Crippen molar-refractivity contribution >= 4 is 0 Å². The second-order valence-corrected chi connectivity index (χ2v) is 6.11. The van der Waals surface area contributed by atoms with Crippen LogP contribution in [0.3, 0.4) is 0 Å². The molecular weight excluding hydrogens is 224 g/mol. The van der Waals surface area contributed by atoms with Crippen LogP contribution in [0.2, 0.25) is 0 Å². The Morgan fingerprint density at radius 2 is 2.17 bits per heavy atom. The van der Waals surface area contributed by atoms with Crippen LogP contribution in [0.4, 0.5) is 0 Å². The predicted octanol–water partition coefficient (Wildman–Crippen LogP) is 2.51. The number of hydrogen-bond donors (Lipinski definition) is 1. The van der Waals surface area contributed by atoms with Crippen molar-refractivity contribution in [1.82, 2.24) is 10.2 Å². The Morgan fingerprint density at radius 3 is 2.83 bits per heavy atom. The number of ether oxygens (including phenoxy) is 1. The van der Waals surface area contributed by atoms with Crippen LogP contribution in [0.25, 0.3) is 0 Å². The Bertz CT molecular complexity index is 223. The number of nitrogens with zero attached hydrogens (tertiary/aromatic N) is 1. The van der Waals surface area contributed by atoms with Crippen LogP contribution in [0.15, 0.2) is 0 Å². The molecule has 3 heteroatoms. The highest BCUT2D eigenvalue weighted by Crippen LogP contribution is 2.25. The monoisotopic (exact) mass is 256 g/mol. The van der Waals surface area contributed by atoms with Gasteiger partial charge in [-0.2, -0.15) is 0 Å². The zero-order valence-electron chi connectivity index (χ0n) is 12.8. The maximum atomic E-state index is 5.73. The first-order chi connectivity index (χ1) is 8.59. The Kier molecular flexibility index (Phi) is 7.20. The van der Waals surface area contributed by atoms with Gasteiger partial charge in [-0.05, 0) is 31.7 Å². The lowest BCUT2D eigenvalue weighted by Crippen LogP contribution is -2.44. The second kappa shape index (κ2) is 8.13. The molecule has 0 bridgehead atoms. The van der Waals surface area contributed by atoms with Crippen molar-refractivity contribution in [2.45, 2.75) is 53.1 Å². The van der Waals surface area contributed by atoms with E-state index < -0.39 is 0 Å². The van der Waals surface area contributed by atoms with Crippen molar-refractivity contribution in [3.8, 4) is 0 Å². The van der Waals surface area contributed by atoms with Crippen LogP contribution < -0.4 is 5.32 Å². The average molecular weight is 256 g/mol. The average Bonchev–Trinajstić information content (AvgIpc) is 2.51. The van der Waals surface area contributed by atoms with E-state index in [4.69, 9.17) is 4.74 Å². The smallest absolute Gasteiger partial charge is 0.0673 e. The molecule has 2 unspecified atom stereocenters. The summed E-state index contributed by atoms with van der Waals surface area (Å²) in [4.78, 5) is 2.60. The SMILES string of the molecule is CCCC(C)(CNCC)CN1CCCOC(C)C1. The fourth-order valence-electron chi connectivity index (χ4n) is 3.02. The molecule has 0 aromatic rings. The van der Waals surface area contributed by atoms with Gasteiger partial charge in [-0.3, -0.25) is 0 Å². The van der Waals surface area contributed by atoms with Crippen LogP contribution in [0, 0.1) is 5.41 Å². The van der Waals surface area contributed by atoms with Gasteiger partial charge in [0.05, 0.1) is 6.10 Å². The van der Waals surface area contributed by atoms with E-state index in [1.807, 2.05) is 0 Å². The normalized spacial score (nSPS) is 25.7. The second-order valence-electron chi connectivity index (χ2n) is 6.11. The lowest BCUT2D eigenvalue weighted by Gasteiger charge is -2.36. The van der Waals surface area contributed by atoms with E-state index in [0.29, 0.717) is 11.5 Å². The molecule has 1 N–H and O–H groups in total. The van der Waals surface area contributed by atoms with Gasteiger partial charge in [0.1, 0.15) is 0 Å². The molecule has 1 aliphatic heterocycles. The minimum atomic E-state index is 0.387. The summed E-state index contributed by atoms with van der Waals surface area (Å²) >= 11 is 0. The van der Waals surface area contributed by atoms with E-state index in [2.05, 4.69) is 37.9 Å². The summed E-state index contributed by atoms with van der Waals surface area (Å²) in [6.45, 7) is 15.7. The Hall–Kier alpha value is -0.120. The summed E-state index contributed by atoms with van der Waals surface area (Å²) in [6, 6.07) is 0. The molecule has 0 radical (unpaired) electrons. The van der Waals surface area contributed by atoms with Crippen molar-refractivity contribution in [1.29, 1.82) is 0 Å². The number of rotatable bonds is 7. The molecule has 1 aliphatic rings. The Labute approximate surface area is 113 Å². The van der Waals surface area contributed by atoms with Crippen molar-refractivity contribution < 1.29 is 4.74 Å². The van der Waals surface area contributed by atoms with Crippen LogP contribution in [-0.2, 0) is 4.74 Å². The lowest BCUT2D eigenvalue weighted by atomic mass is 9.84. The molecule has 2 atom stereocenters. The molecule has 0 saturated carbocycles. The van der Waals surface area contributed by atoms with Crippen molar-refractivity contribution in [3.05, 3.63) is 0 Å². The van der Waals surface area contributed by atoms with E-state index in [1.165, 1.54) is 32.4 Å². The zero-order chi connectivity index (χ0) is 13.4. The van der Waals surface area contributed by atoms with E-state index in [0.717, 1.165) is 26.2 Å².